The highest BCUT2D eigenvalue weighted by molar-refractivity contribution is 5.90. The number of carboxylic acids is 1. The highest BCUT2D eigenvalue weighted by Crippen LogP contribution is 2.17. The molecular weight excluding hydrogens is 226 g/mol. The van der Waals surface area contributed by atoms with Crippen molar-refractivity contribution in [3.05, 3.63) is 65.2 Å². The molecule has 3 heteroatoms. The van der Waals surface area contributed by atoms with Crippen molar-refractivity contribution in [2.24, 2.45) is 4.99 Å². The van der Waals surface area contributed by atoms with Crippen molar-refractivity contribution < 1.29 is 9.90 Å². The summed E-state index contributed by atoms with van der Waals surface area (Å²) in [4.78, 5) is 15.2. The van der Waals surface area contributed by atoms with E-state index in [0.29, 0.717) is 11.1 Å². The number of nitrogens with zero attached hydrogens (tertiary/aromatic N) is 1. The van der Waals surface area contributed by atoms with Crippen LogP contribution in [0.25, 0.3) is 0 Å². The van der Waals surface area contributed by atoms with E-state index < -0.39 is 5.97 Å². The summed E-state index contributed by atoms with van der Waals surface area (Å²) in [6.07, 6.45) is 1.76. The number of carbonyl (C=O) groups is 1. The van der Waals surface area contributed by atoms with Gasteiger partial charge < -0.3 is 5.11 Å². The minimum absolute atomic E-state index is 0.314. The van der Waals surface area contributed by atoms with E-state index >= 15 is 0 Å². The first-order valence-corrected chi connectivity index (χ1v) is 5.60. The summed E-state index contributed by atoms with van der Waals surface area (Å²) >= 11 is 0. The molecule has 0 aliphatic heterocycles. The van der Waals surface area contributed by atoms with E-state index in [4.69, 9.17) is 5.11 Å². The van der Waals surface area contributed by atoms with E-state index in [9.17, 15) is 4.79 Å². The van der Waals surface area contributed by atoms with Crippen LogP contribution in [0.3, 0.4) is 0 Å². The molecule has 0 saturated heterocycles. The van der Waals surface area contributed by atoms with Crippen LogP contribution in [0, 0.1) is 6.92 Å². The second kappa shape index (κ2) is 5.27. The summed E-state index contributed by atoms with van der Waals surface area (Å²) in [5.41, 5.74) is 2.79. The summed E-state index contributed by atoms with van der Waals surface area (Å²) in [7, 11) is 0. The number of hydrogen-bond acceptors (Lipinski definition) is 2. The Balaban J connectivity index is 2.23. The molecule has 0 spiro atoms. The van der Waals surface area contributed by atoms with Gasteiger partial charge in [-0.3, -0.25) is 4.99 Å². The molecule has 0 aliphatic carbocycles. The van der Waals surface area contributed by atoms with Crippen molar-refractivity contribution in [2.75, 3.05) is 0 Å². The van der Waals surface area contributed by atoms with Crippen molar-refractivity contribution in [3.8, 4) is 0 Å². The fourth-order valence-corrected chi connectivity index (χ4v) is 1.66. The van der Waals surface area contributed by atoms with E-state index in [2.05, 4.69) is 4.99 Å². The first-order chi connectivity index (χ1) is 8.66. The molecule has 0 unspecified atom stereocenters. The van der Waals surface area contributed by atoms with Crippen LogP contribution < -0.4 is 0 Å². The minimum Gasteiger partial charge on any atom is -0.478 e. The summed E-state index contributed by atoms with van der Waals surface area (Å²) in [6.45, 7) is 1.77. The molecule has 2 aromatic carbocycles. The average Bonchev–Trinajstić information content (AvgIpc) is 2.37. The topological polar surface area (TPSA) is 49.7 Å². The molecule has 0 saturated carbocycles. The lowest BCUT2D eigenvalue weighted by atomic mass is 10.1. The third-order valence-electron chi connectivity index (χ3n) is 2.60. The Morgan fingerprint density at radius 2 is 1.89 bits per heavy atom. The Bertz CT molecular complexity index is 589. The van der Waals surface area contributed by atoms with Crippen LogP contribution in [0.15, 0.2) is 53.5 Å². The van der Waals surface area contributed by atoms with Gasteiger partial charge in [0.25, 0.3) is 0 Å². The van der Waals surface area contributed by atoms with Crippen LogP contribution in [0.5, 0.6) is 0 Å². The van der Waals surface area contributed by atoms with Gasteiger partial charge in [0.15, 0.2) is 0 Å². The lowest BCUT2D eigenvalue weighted by Gasteiger charge is -2.01. The predicted octanol–water partition coefficient (Wildman–Crippen LogP) is 3.44. The zero-order valence-electron chi connectivity index (χ0n) is 10.00. The molecule has 3 nitrogen and oxygen atoms in total. The van der Waals surface area contributed by atoms with Gasteiger partial charge in [-0.1, -0.05) is 30.3 Å². The molecule has 0 atom stereocenters. The van der Waals surface area contributed by atoms with E-state index in [1.165, 1.54) is 0 Å². The van der Waals surface area contributed by atoms with Crippen LogP contribution >= 0.6 is 0 Å². The summed E-state index contributed by atoms with van der Waals surface area (Å²) < 4.78 is 0. The molecule has 1 N–H and O–H groups in total. The number of hydrogen-bond donors (Lipinski definition) is 1. The Labute approximate surface area is 105 Å². The molecule has 0 fully saturated rings. The van der Waals surface area contributed by atoms with Gasteiger partial charge in [0.2, 0.25) is 0 Å². The number of rotatable bonds is 3. The van der Waals surface area contributed by atoms with Gasteiger partial charge in [-0.25, -0.2) is 4.79 Å². The number of aromatic carboxylic acids is 1. The van der Waals surface area contributed by atoms with E-state index in [-0.39, 0.29) is 0 Å². The van der Waals surface area contributed by atoms with Crippen molar-refractivity contribution in [1.82, 2.24) is 0 Å². The molecular formula is C15H13NO2. The van der Waals surface area contributed by atoms with Gasteiger partial charge in [0.1, 0.15) is 0 Å². The Kier molecular flexibility index (Phi) is 3.53. The Morgan fingerprint density at radius 3 is 2.50 bits per heavy atom. The van der Waals surface area contributed by atoms with Crippen molar-refractivity contribution in [3.63, 3.8) is 0 Å². The number of aliphatic imine (C=N–C) groups is 1. The zero-order valence-corrected chi connectivity index (χ0v) is 10.00. The lowest BCUT2D eigenvalue weighted by Crippen LogP contribution is -1.98. The largest absolute Gasteiger partial charge is 0.478 e. The van der Waals surface area contributed by atoms with Crippen LogP contribution in [0.2, 0.25) is 0 Å². The maximum atomic E-state index is 10.9. The van der Waals surface area contributed by atoms with Gasteiger partial charge >= 0.3 is 5.97 Å². The lowest BCUT2D eigenvalue weighted by molar-refractivity contribution is 0.0696. The number of aryl methyl sites for hydroxylation is 1. The number of carboxylic acid groups (broad SMARTS) is 1. The van der Waals surface area contributed by atoms with Gasteiger partial charge in [-0.2, -0.15) is 0 Å². The molecule has 90 valence electrons. The molecule has 0 bridgehead atoms. The van der Waals surface area contributed by atoms with Crippen molar-refractivity contribution in [1.29, 1.82) is 0 Å². The maximum absolute atomic E-state index is 10.9. The highest BCUT2D eigenvalue weighted by Gasteiger charge is 2.06. The second-order valence-electron chi connectivity index (χ2n) is 3.97. The van der Waals surface area contributed by atoms with E-state index in [0.717, 1.165) is 11.3 Å². The van der Waals surface area contributed by atoms with Gasteiger partial charge in [-0.15, -0.1) is 0 Å². The SMILES string of the molecule is Cc1cc(N=Cc2ccccc2)ccc1C(=O)O. The monoisotopic (exact) mass is 239 g/mol. The normalized spacial score (nSPS) is 10.7. The third-order valence-corrected chi connectivity index (χ3v) is 2.60. The molecule has 0 aromatic heterocycles. The molecule has 2 rings (SSSR count). The molecule has 0 heterocycles. The van der Waals surface area contributed by atoms with Crippen molar-refractivity contribution >= 4 is 17.9 Å². The number of benzene rings is 2. The maximum Gasteiger partial charge on any atom is 0.335 e. The first-order valence-electron chi connectivity index (χ1n) is 5.60. The quantitative estimate of drug-likeness (QED) is 0.834. The minimum atomic E-state index is -0.911. The molecule has 0 amide bonds. The summed E-state index contributed by atoms with van der Waals surface area (Å²) in [5, 5.41) is 8.93. The fourth-order valence-electron chi connectivity index (χ4n) is 1.66. The molecule has 0 radical (unpaired) electrons. The second-order valence-corrected chi connectivity index (χ2v) is 3.97. The average molecular weight is 239 g/mol. The van der Waals surface area contributed by atoms with Crippen LogP contribution in [0.4, 0.5) is 5.69 Å². The van der Waals surface area contributed by atoms with Crippen LogP contribution in [-0.4, -0.2) is 17.3 Å². The zero-order chi connectivity index (χ0) is 13.0. The Hall–Kier alpha value is -2.42. The van der Waals surface area contributed by atoms with Gasteiger partial charge in [0, 0.05) is 6.21 Å². The van der Waals surface area contributed by atoms with E-state index in [1.54, 1.807) is 31.3 Å². The molecule has 2 aromatic rings. The van der Waals surface area contributed by atoms with E-state index in [1.807, 2.05) is 30.3 Å². The molecule has 18 heavy (non-hydrogen) atoms. The summed E-state index contributed by atoms with van der Waals surface area (Å²) in [5.74, 6) is -0.911. The van der Waals surface area contributed by atoms with Crippen LogP contribution in [-0.2, 0) is 0 Å². The van der Waals surface area contributed by atoms with Gasteiger partial charge in [-0.05, 0) is 36.2 Å². The van der Waals surface area contributed by atoms with Crippen LogP contribution in [0.1, 0.15) is 21.5 Å². The third kappa shape index (κ3) is 2.83. The van der Waals surface area contributed by atoms with Gasteiger partial charge in [0.05, 0.1) is 11.3 Å². The van der Waals surface area contributed by atoms with Crippen molar-refractivity contribution in [2.45, 2.75) is 6.92 Å². The molecule has 0 aliphatic rings. The standard InChI is InChI=1S/C15H13NO2/c1-11-9-13(7-8-14(11)15(17)18)16-10-12-5-3-2-4-6-12/h2-10H,1H3,(H,17,18). The highest BCUT2D eigenvalue weighted by atomic mass is 16.4. The predicted molar refractivity (Wildman–Crippen MR) is 71.8 cm³/mol. The Morgan fingerprint density at radius 1 is 1.17 bits per heavy atom. The fraction of sp³-hybridized carbons (Fsp3) is 0.0667. The smallest absolute Gasteiger partial charge is 0.335 e. The first kappa shape index (κ1) is 12.0. The summed E-state index contributed by atoms with van der Waals surface area (Å²) in [6, 6.07) is 14.8.